The van der Waals surface area contributed by atoms with Crippen molar-refractivity contribution in [1.82, 2.24) is 20.9 Å². The second-order valence-electron chi connectivity index (χ2n) is 12.9. The van der Waals surface area contributed by atoms with E-state index in [1.165, 1.54) is 29.5 Å². The Kier molecular flexibility index (Phi) is 11.0. The van der Waals surface area contributed by atoms with Crippen LogP contribution in [0.5, 0.6) is 11.5 Å². The Hall–Kier alpha value is -3.63. The molecule has 10 nitrogen and oxygen atoms in total. The molecule has 3 aliphatic rings. The van der Waals surface area contributed by atoms with E-state index in [1.54, 1.807) is 19.2 Å². The fraction of sp³-hybridized carbons (Fsp3) is 0.571. The molecule has 5 atom stereocenters. The zero-order valence-corrected chi connectivity index (χ0v) is 26.5. The van der Waals surface area contributed by atoms with E-state index in [0.717, 1.165) is 68.2 Å². The minimum atomic E-state index is -1.19. The fourth-order valence-corrected chi connectivity index (χ4v) is 7.07. The normalized spacial score (nSPS) is 26.6. The van der Waals surface area contributed by atoms with Gasteiger partial charge in [0.2, 0.25) is 17.7 Å². The van der Waals surface area contributed by atoms with Crippen molar-refractivity contribution in [3.8, 4) is 11.5 Å². The quantitative estimate of drug-likeness (QED) is 0.354. The number of aliphatic hydroxyl groups excluding tert-OH is 1. The summed E-state index contributed by atoms with van der Waals surface area (Å²) in [5, 5.41) is 29.9. The summed E-state index contributed by atoms with van der Waals surface area (Å²) >= 11 is 0. The van der Waals surface area contributed by atoms with Crippen molar-refractivity contribution in [2.45, 2.75) is 101 Å². The van der Waals surface area contributed by atoms with Crippen molar-refractivity contribution < 1.29 is 29.3 Å². The summed E-state index contributed by atoms with van der Waals surface area (Å²) in [4.78, 5) is 42.9. The molecular formula is C35H48N4O6. The van der Waals surface area contributed by atoms with Gasteiger partial charge >= 0.3 is 0 Å². The van der Waals surface area contributed by atoms with Crippen LogP contribution in [-0.2, 0) is 33.6 Å². The van der Waals surface area contributed by atoms with Gasteiger partial charge in [0.15, 0.2) is 0 Å². The van der Waals surface area contributed by atoms with Crippen molar-refractivity contribution in [1.29, 1.82) is 0 Å². The third-order valence-electron chi connectivity index (χ3n) is 9.57. The summed E-state index contributed by atoms with van der Waals surface area (Å²) < 4.78 is 6.55. The number of hydrogen-bond acceptors (Lipinski definition) is 7. The second-order valence-corrected chi connectivity index (χ2v) is 12.9. The fourth-order valence-electron chi connectivity index (χ4n) is 7.07. The molecular weight excluding hydrogens is 572 g/mol. The Bertz CT molecular complexity index is 1330. The first-order chi connectivity index (χ1) is 21.7. The summed E-state index contributed by atoms with van der Waals surface area (Å²) in [6.07, 6.45) is 7.09. The molecule has 2 aromatic carbocycles. The van der Waals surface area contributed by atoms with Gasteiger partial charge in [0, 0.05) is 26.6 Å². The molecule has 1 fully saturated rings. The van der Waals surface area contributed by atoms with Gasteiger partial charge in [0.05, 0.1) is 12.1 Å². The average Bonchev–Trinajstić information content (AvgIpc) is 3.03. The lowest BCUT2D eigenvalue weighted by molar-refractivity contribution is -0.146. The van der Waals surface area contributed by atoms with Gasteiger partial charge in [-0.1, -0.05) is 49.6 Å². The highest BCUT2D eigenvalue weighted by Gasteiger charge is 2.39. The molecule has 2 aromatic rings. The van der Waals surface area contributed by atoms with E-state index in [2.05, 4.69) is 34.1 Å². The van der Waals surface area contributed by atoms with Crippen molar-refractivity contribution >= 4 is 17.7 Å². The molecule has 2 aliphatic heterocycles. The molecule has 10 heteroatoms. The predicted octanol–water partition coefficient (Wildman–Crippen LogP) is 2.62. The number of rotatable bonds is 4. The van der Waals surface area contributed by atoms with Gasteiger partial charge in [0.25, 0.3) is 0 Å². The Morgan fingerprint density at radius 1 is 0.933 bits per heavy atom. The molecule has 0 aromatic heterocycles. The number of carbonyl (C=O) groups is 3. The first kappa shape index (κ1) is 32.8. The molecule has 5 N–H and O–H groups in total. The summed E-state index contributed by atoms with van der Waals surface area (Å²) in [7, 11) is 1.56. The number of carbonyl (C=O) groups excluding carboxylic acids is 3. The number of nitrogens with one attached hydrogen (secondary N) is 3. The van der Waals surface area contributed by atoms with Crippen LogP contribution in [0.4, 0.5) is 0 Å². The van der Waals surface area contributed by atoms with E-state index in [0.29, 0.717) is 19.5 Å². The molecule has 244 valence electrons. The number of nitrogens with zero attached hydrogens (tertiary/aromatic N) is 1. The number of para-hydroxylation sites is 1. The molecule has 0 radical (unpaired) electrons. The topological polar surface area (TPSA) is 140 Å². The van der Waals surface area contributed by atoms with Crippen LogP contribution in [0, 0.1) is 5.92 Å². The zero-order valence-electron chi connectivity index (χ0n) is 26.5. The molecule has 1 aliphatic carbocycles. The van der Waals surface area contributed by atoms with Crippen LogP contribution in [0.25, 0.3) is 0 Å². The van der Waals surface area contributed by atoms with Crippen LogP contribution in [0.3, 0.4) is 0 Å². The second kappa shape index (κ2) is 15.1. The van der Waals surface area contributed by atoms with Gasteiger partial charge in [0.1, 0.15) is 29.7 Å². The number of amides is 3. The highest BCUT2D eigenvalue weighted by Crippen LogP contribution is 2.33. The maximum atomic E-state index is 14.2. The molecule has 45 heavy (non-hydrogen) atoms. The van der Waals surface area contributed by atoms with Gasteiger partial charge in [-0.15, -0.1) is 0 Å². The minimum absolute atomic E-state index is 0.0991. The highest BCUT2D eigenvalue weighted by molar-refractivity contribution is 5.93. The number of phenols is 1. The van der Waals surface area contributed by atoms with E-state index in [1.807, 2.05) is 0 Å². The number of hydrogen-bond donors (Lipinski definition) is 5. The Morgan fingerprint density at radius 3 is 2.36 bits per heavy atom. The summed E-state index contributed by atoms with van der Waals surface area (Å²) in [6, 6.07) is 10.0. The molecule has 2 bridgehead atoms. The van der Waals surface area contributed by atoms with E-state index in [4.69, 9.17) is 4.74 Å². The number of aromatic hydroxyl groups is 1. The van der Waals surface area contributed by atoms with Crippen molar-refractivity contribution in [2.75, 3.05) is 20.1 Å². The maximum Gasteiger partial charge on any atom is 0.246 e. The van der Waals surface area contributed by atoms with Crippen LogP contribution >= 0.6 is 0 Å². The molecule has 3 unspecified atom stereocenters. The van der Waals surface area contributed by atoms with Gasteiger partial charge in [-0.25, -0.2) is 0 Å². The molecule has 0 saturated heterocycles. The number of aliphatic hydroxyl groups is 1. The first-order valence-electron chi connectivity index (χ1n) is 16.5. The van der Waals surface area contributed by atoms with Crippen LogP contribution in [-0.4, -0.2) is 83.3 Å². The smallest absolute Gasteiger partial charge is 0.246 e. The number of phenolic OH excluding ortho intramolecular Hbond substituents is 1. The average molecular weight is 621 g/mol. The molecule has 3 amide bonds. The lowest BCUT2D eigenvalue weighted by Gasteiger charge is -2.38. The maximum absolute atomic E-state index is 14.2. The molecule has 5 rings (SSSR count). The number of ether oxygens (including phenoxy) is 1. The van der Waals surface area contributed by atoms with Crippen LogP contribution in [0.1, 0.15) is 68.6 Å². The standard InChI is InChI=1S/C35H48N4O6/c1-22(40)31-34(43)38-29(20-23-13-16-27(41)17-14-23)33(42)36-19-7-12-25-10-6-11-26-15-18-28(45-32(25)26)21-37-30(35(44)39(31)2)24-8-4-3-5-9-24/h6,10-11,13-14,16-17,22,24,28-31,37,40-41H,3-5,7-9,12,15,18-21H2,1-2H3,(H,36,42)(H,38,43)/t22?,28?,29?,30-,31-/m0/s1. The Balaban J connectivity index is 1.45. The molecule has 0 spiro atoms. The van der Waals surface area contributed by atoms with Crippen LogP contribution < -0.4 is 20.7 Å². The van der Waals surface area contributed by atoms with E-state index in [9.17, 15) is 24.6 Å². The lowest BCUT2D eigenvalue weighted by atomic mass is 9.83. The van der Waals surface area contributed by atoms with Gasteiger partial charge in [-0.05, 0) is 80.2 Å². The van der Waals surface area contributed by atoms with Crippen LogP contribution in [0.15, 0.2) is 42.5 Å². The first-order valence-corrected chi connectivity index (χ1v) is 16.5. The molecule has 1 saturated carbocycles. The Morgan fingerprint density at radius 2 is 1.64 bits per heavy atom. The van der Waals surface area contributed by atoms with E-state index in [-0.39, 0.29) is 36.0 Å². The van der Waals surface area contributed by atoms with Crippen molar-refractivity contribution in [3.05, 3.63) is 59.2 Å². The summed E-state index contributed by atoms with van der Waals surface area (Å²) in [5.74, 6) is -0.0839. The number of benzene rings is 2. The van der Waals surface area contributed by atoms with E-state index >= 15 is 0 Å². The third kappa shape index (κ3) is 8.16. The minimum Gasteiger partial charge on any atom is -0.508 e. The number of fused-ring (bicyclic) bond motifs is 1. The lowest BCUT2D eigenvalue weighted by Crippen LogP contribution is -2.61. The number of likely N-dealkylation sites (N-methyl/N-ethyl adjacent to an activating group) is 1. The summed E-state index contributed by atoms with van der Waals surface area (Å²) in [5.41, 5.74) is 3.02. The monoisotopic (exact) mass is 620 g/mol. The summed E-state index contributed by atoms with van der Waals surface area (Å²) in [6.45, 7) is 2.39. The Labute approximate surface area is 265 Å². The SMILES string of the molecule is CC(O)[C@H]1C(=O)NC(Cc2ccc(O)cc2)C(=O)NCCCc2cccc3c2OC(CC3)CN[C@@H](C2CCCCC2)C(=O)N1C. The van der Waals surface area contributed by atoms with Crippen LogP contribution in [0.2, 0.25) is 0 Å². The largest absolute Gasteiger partial charge is 0.508 e. The number of aryl methyl sites for hydroxylation is 2. The molecule has 2 heterocycles. The van der Waals surface area contributed by atoms with Crippen molar-refractivity contribution in [3.63, 3.8) is 0 Å². The predicted molar refractivity (Wildman–Crippen MR) is 171 cm³/mol. The zero-order chi connectivity index (χ0) is 31.9. The van der Waals surface area contributed by atoms with E-state index < -0.39 is 30.1 Å². The van der Waals surface area contributed by atoms with Crippen molar-refractivity contribution in [2.24, 2.45) is 5.92 Å². The van der Waals surface area contributed by atoms with Gasteiger partial charge in [-0.3, -0.25) is 14.4 Å². The highest BCUT2D eigenvalue weighted by atomic mass is 16.5. The third-order valence-corrected chi connectivity index (χ3v) is 9.57. The van der Waals surface area contributed by atoms with Gasteiger partial charge < -0.3 is 35.8 Å². The van der Waals surface area contributed by atoms with Gasteiger partial charge in [-0.2, -0.15) is 0 Å².